The van der Waals surface area contributed by atoms with Crippen molar-refractivity contribution in [3.05, 3.63) is 35.3 Å². The third kappa shape index (κ3) is 3.56. The first kappa shape index (κ1) is 26.4. The molecule has 4 heterocycles. The smallest absolute Gasteiger partial charge is 0.337 e. The van der Waals surface area contributed by atoms with Crippen LogP contribution in [0.1, 0.15) is 26.2 Å². The minimum absolute atomic E-state index is 0.0827. The van der Waals surface area contributed by atoms with Crippen molar-refractivity contribution in [2.75, 3.05) is 61.9 Å². The van der Waals surface area contributed by atoms with Gasteiger partial charge < -0.3 is 33.2 Å². The van der Waals surface area contributed by atoms with Gasteiger partial charge >= 0.3 is 5.97 Å². The maximum Gasteiger partial charge on any atom is 0.337 e. The fourth-order valence-corrected chi connectivity index (χ4v) is 7.19. The Kier molecular flexibility index (Phi) is 6.99. The van der Waals surface area contributed by atoms with E-state index >= 15 is 0 Å². The second kappa shape index (κ2) is 9.81. The molecule has 4 aliphatic heterocycles. The number of hydrogen-bond acceptors (Lipinski definition) is 10. The van der Waals surface area contributed by atoms with Gasteiger partial charge in [-0.05, 0) is 36.8 Å². The standard InChI is InChI=1S/C27H38N2O8/c1-7-17-15-29-11-10-25-22-20(8-9-26(34-5,35-6)23(22)32-3)28-27(25,37-13-12-36-25)21(29)14-18(17)19(16-31-2)24(30)33-4/h8-9,16-18,21H,7,10-15H2,1-6H3/b19-16+/t17-,18+,21+,25+,27+/m1/s1. The minimum atomic E-state index is -1.19. The van der Waals surface area contributed by atoms with E-state index in [4.69, 9.17) is 38.2 Å². The van der Waals surface area contributed by atoms with Gasteiger partial charge in [0, 0.05) is 27.3 Å². The van der Waals surface area contributed by atoms with Crippen LogP contribution in [-0.4, -0.2) is 102 Å². The third-order valence-electron chi connectivity index (χ3n) is 8.84. The highest BCUT2D eigenvalue weighted by molar-refractivity contribution is 6.14. The van der Waals surface area contributed by atoms with Crippen molar-refractivity contribution in [3.63, 3.8) is 0 Å². The van der Waals surface area contributed by atoms with E-state index in [-0.39, 0.29) is 23.8 Å². The normalized spacial score (nSPS) is 36.6. The highest BCUT2D eigenvalue weighted by Crippen LogP contribution is 2.59. The summed E-state index contributed by atoms with van der Waals surface area (Å²) in [6.07, 6.45) is 7.49. The Morgan fingerprint density at radius 3 is 2.59 bits per heavy atom. The molecule has 0 N–H and O–H groups in total. The fraction of sp³-hybridized carbons (Fsp3) is 0.704. The SMILES string of the molecule is CC[C@@H]1CN2CC[C@@]34OCCO[C@@]3(N=C3C=CC(OC)(OC)C(OC)=C34)[C@@H]2C[C@@H]1/C(=C\OC)C(=O)OC. The molecule has 0 saturated carbocycles. The first-order valence-electron chi connectivity index (χ1n) is 12.9. The summed E-state index contributed by atoms with van der Waals surface area (Å²) in [6, 6.07) is -0.143. The lowest BCUT2D eigenvalue weighted by molar-refractivity contribution is -0.286. The molecule has 5 aliphatic rings. The number of carbonyl (C=O) groups excluding carboxylic acids is 1. The predicted molar refractivity (Wildman–Crippen MR) is 134 cm³/mol. The lowest BCUT2D eigenvalue weighted by Crippen LogP contribution is -2.74. The first-order chi connectivity index (χ1) is 17.9. The highest BCUT2D eigenvalue weighted by atomic mass is 16.7. The van der Waals surface area contributed by atoms with Crippen LogP contribution in [0.5, 0.6) is 0 Å². The zero-order valence-electron chi connectivity index (χ0n) is 22.6. The fourth-order valence-electron chi connectivity index (χ4n) is 7.19. The molecule has 0 aromatic carbocycles. The molecule has 1 aliphatic carbocycles. The molecule has 10 heteroatoms. The van der Waals surface area contributed by atoms with Crippen LogP contribution in [0.15, 0.2) is 40.3 Å². The van der Waals surface area contributed by atoms with Gasteiger partial charge in [0.25, 0.3) is 0 Å². The summed E-state index contributed by atoms with van der Waals surface area (Å²) in [6.45, 7) is 4.61. The van der Waals surface area contributed by atoms with Crippen LogP contribution in [0, 0.1) is 11.8 Å². The molecule has 204 valence electrons. The van der Waals surface area contributed by atoms with E-state index in [2.05, 4.69) is 11.8 Å². The monoisotopic (exact) mass is 518 g/mol. The summed E-state index contributed by atoms with van der Waals surface area (Å²) in [5.41, 5.74) is 0.222. The van der Waals surface area contributed by atoms with Crippen molar-refractivity contribution in [1.29, 1.82) is 0 Å². The number of methoxy groups -OCH3 is 5. The summed E-state index contributed by atoms with van der Waals surface area (Å²) < 4.78 is 41.5. The molecule has 0 unspecified atom stereocenters. The van der Waals surface area contributed by atoms with Crippen LogP contribution in [0.2, 0.25) is 0 Å². The topological polar surface area (TPSA) is 97.3 Å². The molecular formula is C27H38N2O8. The number of piperidine rings is 2. The van der Waals surface area contributed by atoms with E-state index in [9.17, 15) is 4.79 Å². The van der Waals surface area contributed by atoms with Crippen molar-refractivity contribution in [2.24, 2.45) is 16.8 Å². The number of aliphatic imine (C=N–C) groups is 1. The summed E-state index contributed by atoms with van der Waals surface area (Å²) in [7, 11) is 7.74. The number of esters is 1. The molecule has 5 rings (SSSR count). The average Bonchev–Trinajstić information content (AvgIpc) is 3.25. The van der Waals surface area contributed by atoms with Crippen LogP contribution < -0.4 is 0 Å². The van der Waals surface area contributed by atoms with Crippen molar-refractivity contribution < 1.29 is 38.0 Å². The van der Waals surface area contributed by atoms with Gasteiger partial charge in [-0.3, -0.25) is 4.90 Å². The Labute approximate surface area is 218 Å². The number of hydrogen-bond donors (Lipinski definition) is 0. The Balaban J connectivity index is 1.65. The van der Waals surface area contributed by atoms with Crippen LogP contribution in [-0.2, 0) is 38.0 Å². The van der Waals surface area contributed by atoms with E-state index in [1.54, 1.807) is 28.4 Å². The molecular weight excluding hydrogens is 480 g/mol. The molecule has 0 amide bonds. The summed E-state index contributed by atoms with van der Waals surface area (Å²) in [5, 5.41) is 0. The second-order valence-electron chi connectivity index (χ2n) is 10.1. The Bertz CT molecular complexity index is 1050. The number of allylic oxidation sites excluding steroid dienone is 1. The Morgan fingerprint density at radius 1 is 1.19 bits per heavy atom. The lowest BCUT2D eigenvalue weighted by Gasteiger charge is -2.60. The molecule has 0 radical (unpaired) electrons. The molecule has 10 nitrogen and oxygen atoms in total. The lowest BCUT2D eigenvalue weighted by atomic mass is 9.66. The van der Waals surface area contributed by atoms with Gasteiger partial charge in [0.1, 0.15) is 0 Å². The van der Waals surface area contributed by atoms with E-state index in [1.807, 2.05) is 12.2 Å². The van der Waals surface area contributed by atoms with Gasteiger partial charge in [-0.1, -0.05) is 13.3 Å². The number of fused-ring (bicyclic) bond motifs is 2. The van der Waals surface area contributed by atoms with E-state index in [0.717, 1.165) is 30.8 Å². The van der Waals surface area contributed by atoms with E-state index < -0.39 is 17.1 Å². The first-order valence-corrected chi connectivity index (χ1v) is 12.9. The predicted octanol–water partition coefficient (Wildman–Crippen LogP) is 2.21. The van der Waals surface area contributed by atoms with Gasteiger partial charge in [-0.2, -0.15) is 0 Å². The zero-order chi connectivity index (χ0) is 26.4. The van der Waals surface area contributed by atoms with Crippen LogP contribution >= 0.6 is 0 Å². The molecule has 0 spiro atoms. The van der Waals surface area contributed by atoms with Crippen LogP contribution in [0.25, 0.3) is 0 Å². The van der Waals surface area contributed by atoms with Crippen molar-refractivity contribution in [3.8, 4) is 0 Å². The maximum absolute atomic E-state index is 12.8. The van der Waals surface area contributed by atoms with E-state index in [1.165, 1.54) is 13.4 Å². The van der Waals surface area contributed by atoms with Crippen molar-refractivity contribution >= 4 is 11.7 Å². The van der Waals surface area contributed by atoms with Crippen LogP contribution in [0.4, 0.5) is 0 Å². The van der Waals surface area contributed by atoms with Crippen molar-refractivity contribution in [2.45, 2.75) is 49.3 Å². The Morgan fingerprint density at radius 2 is 1.95 bits per heavy atom. The van der Waals surface area contributed by atoms with Gasteiger partial charge in [-0.15, -0.1) is 0 Å². The quantitative estimate of drug-likeness (QED) is 0.217. The maximum atomic E-state index is 12.8. The third-order valence-corrected chi connectivity index (χ3v) is 8.84. The van der Waals surface area contributed by atoms with Gasteiger partial charge in [0.2, 0.25) is 11.5 Å². The molecule has 3 fully saturated rings. The second-order valence-corrected chi connectivity index (χ2v) is 10.1. The molecule has 3 saturated heterocycles. The molecule has 0 aromatic heterocycles. The number of nitrogens with zero attached hydrogens (tertiary/aromatic N) is 2. The summed E-state index contributed by atoms with van der Waals surface area (Å²) in [4.78, 5) is 20.6. The van der Waals surface area contributed by atoms with E-state index in [0.29, 0.717) is 37.4 Å². The summed E-state index contributed by atoms with van der Waals surface area (Å²) >= 11 is 0. The van der Waals surface area contributed by atoms with Crippen molar-refractivity contribution in [1.82, 2.24) is 4.90 Å². The molecule has 5 atom stereocenters. The number of ether oxygens (including phenoxy) is 7. The average molecular weight is 519 g/mol. The Hall–Kier alpha value is -2.24. The highest BCUT2D eigenvalue weighted by Gasteiger charge is 2.72. The molecule has 0 aromatic rings. The zero-order valence-corrected chi connectivity index (χ0v) is 22.6. The molecule has 0 bridgehead atoms. The van der Waals surface area contributed by atoms with Gasteiger partial charge in [0.15, 0.2) is 11.4 Å². The largest absolute Gasteiger partial charge is 0.504 e. The van der Waals surface area contributed by atoms with Crippen LogP contribution in [0.3, 0.4) is 0 Å². The van der Waals surface area contributed by atoms with Gasteiger partial charge in [-0.25, -0.2) is 9.79 Å². The number of rotatable bonds is 7. The summed E-state index contributed by atoms with van der Waals surface area (Å²) in [5.74, 6) is -0.866. The number of carbonyl (C=O) groups is 1. The molecule has 37 heavy (non-hydrogen) atoms. The van der Waals surface area contributed by atoms with Gasteiger partial charge in [0.05, 0.1) is 63.7 Å². The minimum Gasteiger partial charge on any atom is -0.504 e.